The number of carbonyl (C=O) groups is 1. The molecule has 1 atom stereocenters. The first-order valence-electron chi connectivity index (χ1n) is 9.37. The summed E-state index contributed by atoms with van der Waals surface area (Å²) in [7, 11) is 0. The summed E-state index contributed by atoms with van der Waals surface area (Å²) in [5.41, 5.74) is 3.97. The molecule has 1 aliphatic rings. The molecule has 5 heteroatoms. The van der Waals surface area contributed by atoms with E-state index in [-0.39, 0.29) is 11.8 Å². The van der Waals surface area contributed by atoms with E-state index in [1.807, 2.05) is 67.3 Å². The summed E-state index contributed by atoms with van der Waals surface area (Å²) in [5, 5.41) is 4.14. The third-order valence-electron chi connectivity index (χ3n) is 5.07. The van der Waals surface area contributed by atoms with E-state index in [1.165, 1.54) is 5.56 Å². The number of piperidine rings is 1. The van der Waals surface area contributed by atoms with Gasteiger partial charge in [-0.05, 0) is 38.8 Å². The van der Waals surface area contributed by atoms with E-state index in [2.05, 4.69) is 10.1 Å². The van der Waals surface area contributed by atoms with E-state index in [0.29, 0.717) is 18.3 Å². The molecule has 2 heterocycles. The van der Waals surface area contributed by atoms with Crippen molar-refractivity contribution < 1.29 is 9.32 Å². The minimum absolute atomic E-state index is 0.0710. The quantitative estimate of drug-likeness (QED) is 0.695. The fourth-order valence-electron chi connectivity index (χ4n) is 3.54. The molecule has 1 unspecified atom stereocenters. The van der Waals surface area contributed by atoms with Crippen molar-refractivity contribution in [1.29, 1.82) is 0 Å². The van der Waals surface area contributed by atoms with Crippen molar-refractivity contribution in [2.75, 3.05) is 13.1 Å². The van der Waals surface area contributed by atoms with Crippen molar-refractivity contribution in [2.24, 2.45) is 0 Å². The number of hydrogen-bond donors (Lipinski definition) is 0. The van der Waals surface area contributed by atoms with Crippen LogP contribution >= 0.6 is 0 Å². The topological polar surface area (TPSA) is 59.2 Å². The average Bonchev–Trinajstić information content (AvgIpc) is 3.18. The minimum atomic E-state index is 0.0710. The monoisotopic (exact) mass is 361 g/mol. The molecule has 1 fully saturated rings. The molecule has 1 saturated heterocycles. The normalized spacial score (nSPS) is 17.1. The molecule has 0 saturated carbocycles. The molecule has 0 radical (unpaired) electrons. The zero-order chi connectivity index (χ0) is 18.8. The molecule has 3 aromatic rings. The zero-order valence-electron chi connectivity index (χ0n) is 15.7. The van der Waals surface area contributed by atoms with Gasteiger partial charge in [-0.15, -0.1) is 0 Å². The predicted octanol–water partition coefficient (Wildman–Crippen LogP) is 4.37. The highest BCUT2D eigenvalue weighted by Gasteiger charge is 2.29. The standard InChI is InChI=1S/C22H23N3O2/c1-15-8-10-17(11-9-15)20-23-21(27-24-20)19-7-4-12-25(14-19)22(26)18-6-3-5-16(2)13-18/h3,5-6,8-11,13,19H,4,7,12,14H2,1-2H3. The molecule has 1 amide bonds. The highest BCUT2D eigenvalue weighted by Crippen LogP contribution is 2.28. The third-order valence-corrected chi connectivity index (χ3v) is 5.07. The molecular formula is C22H23N3O2. The number of amides is 1. The van der Waals surface area contributed by atoms with Gasteiger partial charge in [-0.25, -0.2) is 0 Å². The Morgan fingerprint density at radius 3 is 2.70 bits per heavy atom. The van der Waals surface area contributed by atoms with Gasteiger partial charge in [0.2, 0.25) is 11.7 Å². The van der Waals surface area contributed by atoms with E-state index >= 15 is 0 Å². The maximum absolute atomic E-state index is 12.8. The molecule has 0 aliphatic carbocycles. The van der Waals surface area contributed by atoms with Crippen LogP contribution in [0.15, 0.2) is 53.1 Å². The number of benzene rings is 2. The highest BCUT2D eigenvalue weighted by atomic mass is 16.5. The van der Waals surface area contributed by atoms with Gasteiger partial charge in [0, 0.05) is 24.2 Å². The van der Waals surface area contributed by atoms with Crippen molar-refractivity contribution in [3.05, 3.63) is 71.1 Å². The lowest BCUT2D eigenvalue weighted by atomic mass is 9.97. The molecule has 5 nitrogen and oxygen atoms in total. The lowest BCUT2D eigenvalue weighted by Crippen LogP contribution is -2.39. The molecular weight excluding hydrogens is 338 g/mol. The van der Waals surface area contributed by atoms with Crippen molar-refractivity contribution in [1.82, 2.24) is 15.0 Å². The van der Waals surface area contributed by atoms with Gasteiger partial charge >= 0.3 is 0 Å². The van der Waals surface area contributed by atoms with Gasteiger partial charge < -0.3 is 9.42 Å². The molecule has 0 N–H and O–H groups in total. The fraction of sp³-hybridized carbons (Fsp3) is 0.318. The van der Waals surface area contributed by atoms with Crippen LogP contribution < -0.4 is 0 Å². The SMILES string of the molecule is Cc1ccc(-c2noc(C3CCCN(C(=O)c4cccc(C)c4)C3)n2)cc1. The van der Waals surface area contributed by atoms with Gasteiger partial charge in [0.25, 0.3) is 5.91 Å². The Hall–Kier alpha value is -2.95. The van der Waals surface area contributed by atoms with Crippen LogP contribution in [0.1, 0.15) is 46.1 Å². The summed E-state index contributed by atoms with van der Waals surface area (Å²) in [6.45, 7) is 5.43. The summed E-state index contributed by atoms with van der Waals surface area (Å²) in [6, 6.07) is 15.8. The van der Waals surface area contributed by atoms with Gasteiger partial charge in [0.1, 0.15) is 0 Å². The van der Waals surface area contributed by atoms with Gasteiger partial charge in [0.15, 0.2) is 0 Å². The van der Waals surface area contributed by atoms with Crippen LogP contribution in [0, 0.1) is 13.8 Å². The molecule has 1 aliphatic heterocycles. The maximum Gasteiger partial charge on any atom is 0.253 e. The number of aromatic nitrogens is 2. The first-order chi connectivity index (χ1) is 13.1. The number of carbonyl (C=O) groups excluding carboxylic acids is 1. The predicted molar refractivity (Wildman–Crippen MR) is 104 cm³/mol. The van der Waals surface area contributed by atoms with E-state index in [9.17, 15) is 4.79 Å². The summed E-state index contributed by atoms with van der Waals surface area (Å²) >= 11 is 0. The van der Waals surface area contributed by atoms with Crippen LogP contribution in [0.25, 0.3) is 11.4 Å². The first kappa shape index (κ1) is 17.5. The average molecular weight is 361 g/mol. The fourth-order valence-corrected chi connectivity index (χ4v) is 3.54. The minimum Gasteiger partial charge on any atom is -0.339 e. The van der Waals surface area contributed by atoms with Crippen molar-refractivity contribution in [2.45, 2.75) is 32.6 Å². The smallest absolute Gasteiger partial charge is 0.253 e. The van der Waals surface area contributed by atoms with Crippen LogP contribution in [-0.2, 0) is 0 Å². The van der Waals surface area contributed by atoms with Gasteiger partial charge in [-0.2, -0.15) is 4.98 Å². The Bertz CT molecular complexity index is 946. The van der Waals surface area contributed by atoms with Gasteiger partial charge in [-0.3, -0.25) is 4.79 Å². The van der Waals surface area contributed by atoms with E-state index in [4.69, 9.17) is 4.52 Å². The maximum atomic E-state index is 12.8. The first-order valence-corrected chi connectivity index (χ1v) is 9.37. The number of hydrogen-bond acceptors (Lipinski definition) is 4. The van der Waals surface area contributed by atoms with Gasteiger partial charge in [-0.1, -0.05) is 52.7 Å². The van der Waals surface area contributed by atoms with Crippen molar-refractivity contribution >= 4 is 5.91 Å². The number of nitrogens with zero attached hydrogens (tertiary/aromatic N) is 3. The zero-order valence-corrected chi connectivity index (χ0v) is 15.7. The number of likely N-dealkylation sites (tertiary alicyclic amines) is 1. The second-order valence-corrected chi connectivity index (χ2v) is 7.28. The van der Waals surface area contributed by atoms with Gasteiger partial charge in [0.05, 0.1) is 5.92 Å². The van der Waals surface area contributed by atoms with E-state index in [0.717, 1.165) is 36.1 Å². The summed E-state index contributed by atoms with van der Waals surface area (Å²) in [6.07, 6.45) is 1.89. The molecule has 4 rings (SSSR count). The second kappa shape index (κ2) is 7.35. The van der Waals surface area contributed by atoms with Crippen LogP contribution in [0.2, 0.25) is 0 Å². The molecule has 0 bridgehead atoms. The number of rotatable bonds is 3. The Balaban J connectivity index is 1.50. The molecule has 138 valence electrons. The molecule has 27 heavy (non-hydrogen) atoms. The lowest BCUT2D eigenvalue weighted by Gasteiger charge is -2.31. The molecule has 0 spiro atoms. The van der Waals surface area contributed by atoms with Crippen LogP contribution in [0.3, 0.4) is 0 Å². The van der Waals surface area contributed by atoms with E-state index < -0.39 is 0 Å². The second-order valence-electron chi connectivity index (χ2n) is 7.28. The largest absolute Gasteiger partial charge is 0.339 e. The summed E-state index contributed by atoms with van der Waals surface area (Å²) in [5.74, 6) is 1.38. The van der Waals surface area contributed by atoms with Crippen molar-refractivity contribution in [3.8, 4) is 11.4 Å². The van der Waals surface area contributed by atoms with Crippen LogP contribution in [0.4, 0.5) is 0 Å². The van der Waals surface area contributed by atoms with Crippen LogP contribution in [0.5, 0.6) is 0 Å². The van der Waals surface area contributed by atoms with Crippen LogP contribution in [-0.4, -0.2) is 34.0 Å². The lowest BCUT2D eigenvalue weighted by molar-refractivity contribution is 0.0695. The Kier molecular flexibility index (Phi) is 4.75. The third kappa shape index (κ3) is 3.77. The molecule has 2 aromatic carbocycles. The van der Waals surface area contributed by atoms with Crippen molar-refractivity contribution in [3.63, 3.8) is 0 Å². The van der Waals surface area contributed by atoms with E-state index in [1.54, 1.807) is 0 Å². The highest BCUT2D eigenvalue weighted by molar-refractivity contribution is 5.94. The summed E-state index contributed by atoms with van der Waals surface area (Å²) in [4.78, 5) is 19.3. The molecule has 1 aromatic heterocycles. The number of aryl methyl sites for hydroxylation is 2. The Morgan fingerprint density at radius 2 is 1.93 bits per heavy atom. The Morgan fingerprint density at radius 1 is 1.11 bits per heavy atom. The summed E-state index contributed by atoms with van der Waals surface area (Å²) < 4.78 is 5.54. The Labute approximate surface area is 159 Å².